The number of alkyl halides is 3. The molecule has 17 heavy (non-hydrogen) atoms. The second-order valence-corrected chi connectivity index (χ2v) is 4.87. The van der Waals surface area contributed by atoms with Gasteiger partial charge in [-0.3, -0.25) is 5.32 Å². The highest BCUT2D eigenvalue weighted by atomic mass is 19.4. The Bertz CT molecular complexity index is 282. The molecule has 0 aliphatic heterocycles. The van der Waals surface area contributed by atoms with Crippen molar-refractivity contribution in [2.45, 2.75) is 57.2 Å². The van der Waals surface area contributed by atoms with Crippen molar-refractivity contribution in [3.8, 4) is 6.07 Å². The van der Waals surface area contributed by atoms with Crippen LogP contribution in [0.1, 0.15) is 45.4 Å². The zero-order chi connectivity index (χ0) is 12.9. The molecular formula is C12H19F3N2. The van der Waals surface area contributed by atoms with E-state index in [4.69, 9.17) is 5.26 Å². The Kier molecular flexibility index (Phi) is 4.81. The maximum Gasteiger partial charge on any atom is 0.401 e. The molecule has 98 valence electrons. The molecule has 2 nitrogen and oxygen atoms in total. The molecule has 1 aliphatic carbocycles. The number of rotatable bonds is 3. The molecule has 0 heterocycles. The highest BCUT2D eigenvalue weighted by Crippen LogP contribution is 2.32. The van der Waals surface area contributed by atoms with Crippen LogP contribution in [0.2, 0.25) is 0 Å². The van der Waals surface area contributed by atoms with Gasteiger partial charge in [0.1, 0.15) is 5.54 Å². The lowest BCUT2D eigenvalue weighted by Crippen LogP contribution is -2.47. The van der Waals surface area contributed by atoms with Crippen molar-refractivity contribution in [3.63, 3.8) is 0 Å². The van der Waals surface area contributed by atoms with Crippen LogP contribution in [0.4, 0.5) is 13.2 Å². The number of nitriles is 1. The quantitative estimate of drug-likeness (QED) is 0.777. The van der Waals surface area contributed by atoms with E-state index in [9.17, 15) is 13.2 Å². The van der Waals surface area contributed by atoms with Gasteiger partial charge in [0.2, 0.25) is 0 Å². The monoisotopic (exact) mass is 248 g/mol. The molecule has 0 aromatic carbocycles. The maximum absolute atomic E-state index is 12.2. The first-order valence-corrected chi connectivity index (χ1v) is 6.14. The molecule has 1 saturated carbocycles. The van der Waals surface area contributed by atoms with E-state index >= 15 is 0 Å². The number of nitrogens with zero attached hydrogens (tertiary/aromatic N) is 1. The highest BCUT2D eigenvalue weighted by molar-refractivity contribution is 5.08. The Morgan fingerprint density at radius 1 is 1.35 bits per heavy atom. The molecule has 2 unspecified atom stereocenters. The van der Waals surface area contributed by atoms with Gasteiger partial charge < -0.3 is 0 Å². The van der Waals surface area contributed by atoms with E-state index in [1.54, 1.807) is 0 Å². The van der Waals surface area contributed by atoms with E-state index < -0.39 is 18.3 Å². The molecule has 1 N–H and O–H groups in total. The first kappa shape index (κ1) is 14.3. The van der Waals surface area contributed by atoms with E-state index in [0.29, 0.717) is 18.8 Å². The van der Waals surface area contributed by atoms with Gasteiger partial charge in [-0.1, -0.05) is 26.2 Å². The van der Waals surface area contributed by atoms with Gasteiger partial charge in [-0.25, -0.2) is 0 Å². The van der Waals surface area contributed by atoms with Crippen LogP contribution in [0.15, 0.2) is 0 Å². The molecule has 0 spiro atoms. The average molecular weight is 248 g/mol. The standard InChI is InChI=1S/C12H19F3N2/c1-2-10-4-3-6-11(8-16,7-5-10)17-9-12(13,14)15/h10,17H,2-7,9H2,1H3. The predicted molar refractivity (Wildman–Crippen MR) is 59.3 cm³/mol. The molecule has 0 aromatic heterocycles. The second-order valence-electron chi connectivity index (χ2n) is 4.87. The van der Waals surface area contributed by atoms with Crippen molar-refractivity contribution in [3.05, 3.63) is 0 Å². The molecule has 0 bridgehead atoms. The van der Waals surface area contributed by atoms with E-state index in [-0.39, 0.29) is 0 Å². The third kappa shape index (κ3) is 4.55. The van der Waals surface area contributed by atoms with E-state index in [1.165, 1.54) is 0 Å². The SMILES string of the molecule is CCC1CCCC(C#N)(NCC(F)(F)F)CC1. The van der Waals surface area contributed by atoms with Crippen molar-refractivity contribution in [1.82, 2.24) is 5.32 Å². The van der Waals surface area contributed by atoms with Crippen LogP contribution < -0.4 is 5.32 Å². The van der Waals surface area contributed by atoms with Crippen LogP contribution in [0.3, 0.4) is 0 Å². The van der Waals surface area contributed by atoms with E-state index in [1.807, 2.05) is 0 Å². The summed E-state index contributed by atoms with van der Waals surface area (Å²) in [7, 11) is 0. The average Bonchev–Trinajstić information content (AvgIpc) is 2.48. The Morgan fingerprint density at radius 3 is 2.59 bits per heavy atom. The predicted octanol–water partition coefficient (Wildman–Crippen LogP) is 3.39. The lowest BCUT2D eigenvalue weighted by atomic mass is 9.90. The minimum atomic E-state index is -4.25. The summed E-state index contributed by atoms with van der Waals surface area (Å²) in [6, 6.07) is 2.06. The van der Waals surface area contributed by atoms with Crippen LogP contribution >= 0.6 is 0 Å². The summed E-state index contributed by atoms with van der Waals surface area (Å²) in [5.74, 6) is 0.554. The molecular weight excluding hydrogens is 229 g/mol. The van der Waals surface area contributed by atoms with E-state index in [0.717, 1.165) is 25.7 Å². The number of hydrogen-bond acceptors (Lipinski definition) is 2. The first-order valence-electron chi connectivity index (χ1n) is 6.14. The molecule has 0 radical (unpaired) electrons. The van der Waals surface area contributed by atoms with Crippen molar-refractivity contribution in [1.29, 1.82) is 5.26 Å². The number of halogens is 3. The van der Waals surface area contributed by atoms with Crippen molar-refractivity contribution in [2.24, 2.45) is 5.92 Å². The normalized spacial score (nSPS) is 30.6. The molecule has 1 fully saturated rings. The molecule has 0 aromatic rings. The Hall–Kier alpha value is -0.760. The Morgan fingerprint density at radius 2 is 2.06 bits per heavy atom. The third-order valence-corrected chi connectivity index (χ3v) is 3.61. The summed E-state index contributed by atoms with van der Waals surface area (Å²) in [4.78, 5) is 0. The molecule has 5 heteroatoms. The fourth-order valence-electron chi connectivity index (χ4n) is 2.42. The molecule has 0 amide bonds. The zero-order valence-electron chi connectivity index (χ0n) is 10.1. The highest BCUT2D eigenvalue weighted by Gasteiger charge is 2.37. The number of nitrogens with one attached hydrogen (secondary N) is 1. The molecule has 2 atom stereocenters. The van der Waals surface area contributed by atoms with Crippen LogP contribution in [-0.2, 0) is 0 Å². The number of hydrogen-bond donors (Lipinski definition) is 1. The molecule has 1 rings (SSSR count). The topological polar surface area (TPSA) is 35.8 Å². The Labute approximate surface area is 100 Å². The minimum Gasteiger partial charge on any atom is -0.291 e. The van der Waals surface area contributed by atoms with Crippen LogP contribution in [0.5, 0.6) is 0 Å². The summed E-state index contributed by atoms with van der Waals surface area (Å²) in [6.45, 7) is 1.02. The van der Waals surface area contributed by atoms with Crippen LogP contribution in [0, 0.1) is 17.2 Å². The maximum atomic E-state index is 12.2. The van der Waals surface area contributed by atoms with Gasteiger partial charge in [-0.15, -0.1) is 0 Å². The second kappa shape index (κ2) is 5.72. The zero-order valence-corrected chi connectivity index (χ0v) is 10.1. The van der Waals surface area contributed by atoms with Crippen molar-refractivity contribution < 1.29 is 13.2 Å². The first-order chi connectivity index (χ1) is 7.91. The fourth-order valence-corrected chi connectivity index (χ4v) is 2.42. The van der Waals surface area contributed by atoms with Crippen molar-refractivity contribution >= 4 is 0 Å². The van der Waals surface area contributed by atoms with Gasteiger partial charge in [0.05, 0.1) is 12.6 Å². The summed E-state index contributed by atoms with van der Waals surface area (Å²) >= 11 is 0. The third-order valence-electron chi connectivity index (χ3n) is 3.61. The fraction of sp³-hybridized carbons (Fsp3) is 0.917. The van der Waals surface area contributed by atoms with Gasteiger partial charge in [-0.05, 0) is 25.2 Å². The molecule has 1 aliphatic rings. The van der Waals surface area contributed by atoms with E-state index in [2.05, 4.69) is 18.3 Å². The smallest absolute Gasteiger partial charge is 0.291 e. The largest absolute Gasteiger partial charge is 0.401 e. The summed E-state index contributed by atoms with van der Waals surface area (Å²) < 4.78 is 36.6. The Balaban J connectivity index is 2.60. The van der Waals surface area contributed by atoms with Gasteiger partial charge in [0, 0.05) is 0 Å². The lowest BCUT2D eigenvalue weighted by Gasteiger charge is -2.27. The summed E-state index contributed by atoms with van der Waals surface area (Å²) in [6.07, 6.45) is 0.536. The van der Waals surface area contributed by atoms with Crippen LogP contribution in [-0.4, -0.2) is 18.3 Å². The minimum absolute atomic E-state index is 0.524. The lowest BCUT2D eigenvalue weighted by molar-refractivity contribution is -0.127. The van der Waals surface area contributed by atoms with Gasteiger partial charge >= 0.3 is 6.18 Å². The summed E-state index contributed by atoms with van der Waals surface area (Å²) in [5.41, 5.74) is -0.973. The van der Waals surface area contributed by atoms with Gasteiger partial charge in [-0.2, -0.15) is 18.4 Å². The van der Waals surface area contributed by atoms with Crippen LogP contribution in [0.25, 0.3) is 0 Å². The molecule has 0 saturated heterocycles. The summed E-state index contributed by atoms with van der Waals surface area (Å²) in [5, 5.41) is 11.6. The van der Waals surface area contributed by atoms with Gasteiger partial charge in [0.15, 0.2) is 0 Å². The van der Waals surface area contributed by atoms with Gasteiger partial charge in [0.25, 0.3) is 0 Å². The van der Waals surface area contributed by atoms with Crippen molar-refractivity contribution in [2.75, 3.05) is 6.54 Å².